The molecule has 0 unspecified atom stereocenters. The zero-order valence-electron chi connectivity index (χ0n) is 13.8. The SMILES string of the molecule is Cc1ccc(S(=O)(=O)Nc2cc(-c3ccc(=O)[nH]n3)ccc2C)cc1. The molecule has 1 aromatic heterocycles. The first-order chi connectivity index (χ1) is 11.8. The lowest BCUT2D eigenvalue weighted by Gasteiger charge is -2.12. The molecule has 25 heavy (non-hydrogen) atoms. The summed E-state index contributed by atoms with van der Waals surface area (Å²) in [5, 5.41) is 6.34. The van der Waals surface area contributed by atoms with Gasteiger partial charge in [-0.05, 0) is 43.7 Å². The minimum Gasteiger partial charge on any atom is -0.279 e. The van der Waals surface area contributed by atoms with E-state index in [0.29, 0.717) is 16.9 Å². The van der Waals surface area contributed by atoms with Gasteiger partial charge in [-0.3, -0.25) is 9.52 Å². The first-order valence-electron chi connectivity index (χ1n) is 7.61. The fourth-order valence-corrected chi connectivity index (χ4v) is 3.44. The molecule has 0 saturated heterocycles. The maximum absolute atomic E-state index is 12.6. The molecule has 1 heterocycles. The van der Waals surface area contributed by atoms with Crippen LogP contribution in [-0.2, 0) is 10.0 Å². The Balaban J connectivity index is 1.97. The zero-order chi connectivity index (χ0) is 18.0. The van der Waals surface area contributed by atoms with Gasteiger partial charge in [0.2, 0.25) is 0 Å². The van der Waals surface area contributed by atoms with E-state index in [2.05, 4.69) is 14.9 Å². The highest BCUT2D eigenvalue weighted by molar-refractivity contribution is 7.92. The molecule has 3 rings (SSSR count). The molecular formula is C18H17N3O3S. The quantitative estimate of drug-likeness (QED) is 0.753. The van der Waals surface area contributed by atoms with Crippen molar-refractivity contribution in [3.05, 3.63) is 76.1 Å². The van der Waals surface area contributed by atoms with Crippen molar-refractivity contribution >= 4 is 15.7 Å². The summed E-state index contributed by atoms with van der Waals surface area (Å²) >= 11 is 0. The van der Waals surface area contributed by atoms with Crippen LogP contribution in [0.1, 0.15) is 11.1 Å². The predicted octanol–water partition coefficient (Wildman–Crippen LogP) is 2.85. The van der Waals surface area contributed by atoms with Crippen LogP contribution >= 0.6 is 0 Å². The number of sulfonamides is 1. The van der Waals surface area contributed by atoms with Gasteiger partial charge in [0.1, 0.15) is 0 Å². The van der Waals surface area contributed by atoms with Crippen LogP contribution in [0.25, 0.3) is 11.3 Å². The van der Waals surface area contributed by atoms with E-state index in [0.717, 1.165) is 11.1 Å². The molecule has 0 spiro atoms. The van der Waals surface area contributed by atoms with Crippen molar-refractivity contribution in [1.29, 1.82) is 0 Å². The summed E-state index contributed by atoms with van der Waals surface area (Å²) < 4.78 is 27.8. The Kier molecular flexibility index (Phi) is 4.41. The third kappa shape index (κ3) is 3.77. The van der Waals surface area contributed by atoms with Crippen molar-refractivity contribution in [3.8, 4) is 11.3 Å². The molecule has 7 heteroatoms. The van der Waals surface area contributed by atoms with Gasteiger partial charge in [0.25, 0.3) is 15.6 Å². The fraction of sp³-hybridized carbons (Fsp3) is 0.111. The van der Waals surface area contributed by atoms with Crippen LogP contribution in [0.3, 0.4) is 0 Å². The van der Waals surface area contributed by atoms with Gasteiger partial charge in [0.15, 0.2) is 0 Å². The summed E-state index contributed by atoms with van der Waals surface area (Å²) in [5.41, 5.74) is 3.19. The molecule has 2 aromatic carbocycles. The van der Waals surface area contributed by atoms with Crippen LogP contribution in [0.15, 0.2) is 64.3 Å². The Labute approximate surface area is 145 Å². The Morgan fingerprint density at radius 2 is 1.68 bits per heavy atom. The standard InChI is InChI=1S/C18H17N3O3S/c1-12-3-7-15(8-4-12)25(23,24)21-17-11-14(6-5-13(17)2)16-9-10-18(22)20-19-16/h3-11,21H,1-2H3,(H,20,22). The number of nitrogens with zero attached hydrogens (tertiary/aromatic N) is 1. The molecule has 0 atom stereocenters. The first kappa shape index (κ1) is 16.9. The topological polar surface area (TPSA) is 91.9 Å². The minimum atomic E-state index is -3.69. The average Bonchev–Trinajstić information content (AvgIpc) is 2.58. The number of hydrogen-bond donors (Lipinski definition) is 2. The monoisotopic (exact) mass is 355 g/mol. The molecule has 0 fully saturated rings. The highest BCUT2D eigenvalue weighted by atomic mass is 32.2. The van der Waals surface area contributed by atoms with Crippen molar-refractivity contribution in [3.63, 3.8) is 0 Å². The van der Waals surface area contributed by atoms with Gasteiger partial charge >= 0.3 is 0 Å². The second kappa shape index (κ2) is 6.52. The van der Waals surface area contributed by atoms with Crippen molar-refractivity contribution in [2.24, 2.45) is 0 Å². The van der Waals surface area contributed by atoms with Crippen LogP contribution < -0.4 is 10.3 Å². The number of hydrogen-bond acceptors (Lipinski definition) is 4. The summed E-state index contributed by atoms with van der Waals surface area (Å²) in [6.07, 6.45) is 0. The summed E-state index contributed by atoms with van der Waals surface area (Å²) in [7, 11) is -3.69. The van der Waals surface area contributed by atoms with Gasteiger partial charge < -0.3 is 0 Å². The Hall–Kier alpha value is -2.93. The van der Waals surface area contributed by atoms with E-state index in [4.69, 9.17) is 0 Å². The number of anilines is 1. The van der Waals surface area contributed by atoms with E-state index in [1.807, 2.05) is 19.9 Å². The lowest BCUT2D eigenvalue weighted by Crippen LogP contribution is -2.14. The highest BCUT2D eigenvalue weighted by Gasteiger charge is 2.15. The predicted molar refractivity (Wildman–Crippen MR) is 97.0 cm³/mol. The maximum atomic E-state index is 12.6. The van der Waals surface area contributed by atoms with Gasteiger partial charge in [-0.1, -0.05) is 29.8 Å². The third-order valence-corrected chi connectivity index (χ3v) is 5.17. The van der Waals surface area contributed by atoms with Crippen LogP contribution in [0.5, 0.6) is 0 Å². The van der Waals surface area contributed by atoms with E-state index >= 15 is 0 Å². The molecule has 0 radical (unpaired) electrons. The zero-order valence-corrected chi connectivity index (χ0v) is 14.6. The van der Waals surface area contributed by atoms with Gasteiger partial charge in [-0.2, -0.15) is 5.10 Å². The lowest BCUT2D eigenvalue weighted by molar-refractivity contribution is 0.601. The molecule has 128 valence electrons. The molecule has 0 amide bonds. The van der Waals surface area contributed by atoms with Crippen LogP contribution in [-0.4, -0.2) is 18.6 Å². The third-order valence-electron chi connectivity index (χ3n) is 3.79. The van der Waals surface area contributed by atoms with Gasteiger partial charge in [0, 0.05) is 11.6 Å². The Morgan fingerprint density at radius 1 is 0.960 bits per heavy atom. The van der Waals surface area contributed by atoms with E-state index in [1.54, 1.807) is 42.5 Å². The molecule has 3 aromatic rings. The smallest absolute Gasteiger partial charge is 0.264 e. The van der Waals surface area contributed by atoms with Crippen molar-refractivity contribution in [2.45, 2.75) is 18.7 Å². The summed E-state index contributed by atoms with van der Waals surface area (Å²) in [5.74, 6) is 0. The molecule has 0 saturated carbocycles. The number of benzene rings is 2. The van der Waals surface area contributed by atoms with Crippen LogP contribution in [0.2, 0.25) is 0 Å². The molecule has 0 aliphatic heterocycles. The number of aromatic nitrogens is 2. The van der Waals surface area contributed by atoms with Crippen LogP contribution in [0.4, 0.5) is 5.69 Å². The average molecular weight is 355 g/mol. The fourth-order valence-electron chi connectivity index (χ4n) is 2.32. The largest absolute Gasteiger partial charge is 0.279 e. The van der Waals surface area contributed by atoms with E-state index in [-0.39, 0.29) is 10.5 Å². The van der Waals surface area contributed by atoms with Gasteiger partial charge in [-0.15, -0.1) is 0 Å². The minimum absolute atomic E-state index is 0.199. The van der Waals surface area contributed by atoms with E-state index in [1.165, 1.54) is 6.07 Å². The summed E-state index contributed by atoms with van der Waals surface area (Å²) in [4.78, 5) is 11.3. The number of aromatic amines is 1. The highest BCUT2D eigenvalue weighted by Crippen LogP contribution is 2.25. The molecule has 0 bridgehead atoms. The van der Waals surface area contributed by atoms with Crippen LogP contribution in [0, 0.1) is 13.8 Å². The first-order valence-corrected chi connectivity index (χ1v) is 9.10. The summed E-state index contributed by atoms with van der Waals surface area (Å²) in [6.45, 7) is 3.71. The number of rotatable bonds is 4. The second-order valence-corrected chi connectivity index (χ2v) is 7.44. The number of nitrogens with one attached hydrogen (secondary N) is 2. The molecular weight excluding hydrogens is 338 g/mol. The normalized spacial score (nSPS) is 11.3. The summed E-state index contributed by atoms with van der Waals surface area (Å²) in [6, 6.07) is 14.9. The molecule has 2 N–H and O–H groups in total. The Morgan fingerprint density at radius 3 is 2.32 bits per heavy atom. The van der Waals surface area contributed by atoms with E-state index < -0.39 is 10.0 Å². The van der Waals surface area contributed by atoms with Gasteiger partial charge in [0.05, 0.1) is 16.3 Å². The van der Waals surface area contributed by atoms with Crippen molar-refractivity contribution in [1.82, 2.24) is 10.2 Å². The number of H-pyrrole nitrogens is 1. The molecule has 0 aliphatic rings. The van der Waals surface area contributed by atoms with Crippen molar-refractivity contribution < 1.29 is 8.42 Å². The van der Waals surface area contributed by atoms with Gasteiger partial charge in [-0.25, -0.2) is 13.5 Å². The van der Waals surface area contributed by atoms with Crippen molar-refractivity contribution in [2.75, 3.05) is 4.72 Å². The Bertz CT molecular complexity index is 1050. The lowest BCUT2D eigenvalue weighted by atomic mass is 10.1. The number of aryl methyl sites for hydroxylation is 2. The second-order valence-electron chi connectivity index (χ2n) is 5.75. The maximum Gasteiger partial charge on any atom is 0.264 e. The molecule has 6 nitrogen and oxygen atoms in total. The van der Waals surface area contributed by atoms with E-state index in [9.17, 15) is 13.2 Å². The molecule has 0 aliphatic carbocycles.